The van der Waals surface area contributed by atoms with Crippen molar-refractivity contribution < 1.29 is 0 Å². The summed E-state index contributed by atoms with van der Waals surface area (Å²) in [5, 5.41) is 13.5. The van der Waals surface area contributed by atoms with Crippen LogP contribution in [0.3, 0.4) is 0 Å². The number of piperidine rings is 1. The van der Waals surface area contributed by atoms with Gasteiger partial charge in [0, 0.05) is 24.9 Å². The highest BCUT2D eigenvalue weighted by molar-refractivity contribution is 5.68. The van der Waals surface area contributed by atoms with Crippen molar-refractivity contribution in [2.45, 2.75) is 12.8 Å². The topological polar surface area (TPSA) is 47.9 Å². The van der Waals surface area contributed by atoms with Crippen molar-refractivity contribution in [1.82, 2.24) is 10.6 Å². The Morgan fingerprint density at radius 2 is 2.17 bits per heavy atom. The van der Waals surface area contributed by atoms with Crippen molar-refractivity contribution in [3.05, 3.63) is 11.8 Å². The molecule has 0 aromatic carbocycles. The van der Waals surface area contributed by atoms with Gasteiger partial charge >= 0.3 is 0 Å². The fourth-order valence-electron chi connectivity index (χ4n) is 1.65. The molecule has 1 rings (SSSR count). The Bertz CT molecular complexity index is 169. The highest BCUT2D eigenvalue weighted by Gasteiger charge is 2.15. The van der Waals surface area contributed by atoms with Crippen molar-refractivity contribution in [1.29, 1.82) is 5.41 Å². The third kappa shape index (κ3) is 2.34. The molecule has 0 unspecified atom stereocenters. The first-order chi connectivity index (χ1) is 5.88. The van der Waals surface area contributed by atoms with Gasteiger partial charge in [-0.15, -0.1) is 0 Å². The minimum Gasteiger partial charge on any atom is -0.391 e. The molecular weight excluding hydrogens is 150 g/mol. The van der Waals surface area contributed by atoms with Crippen molar-refractivity contribution >= 4 is 6.21 Å². The SMILES string of the molecule is CN/C(=C\C=N)C1CCNCC1. The molecule has 1 aliphatic heterocycles. The molecule has 1 aliphatic rings. The van der Waals surface area contributed by atoms with Gasteiger partial charge in [0.05, 0.1) is 0 Å². The van der Waals surface area contributed by atoms with E-state index in [1.54, 1.807) is 0 Å². The molecule has 0 radical (unpaired) electrons. The number of hydrogen-bond donors (Lipinski definition) is 3. The van der Waals surface area contributed by atoms with Crippen LogP contribution in [-0.2, 0) is 0 Å². The molecule has 0 spiro atoms. The van der Waals surface area contributed by atoms with Crippen LogP contribution < -0.4 is 10.6 Å². The van der Waals surface area contributed by atoms with Gasteiger partial charge in [-0.1, -0.05) is 0 Å². The summed E-state index contributed by atoms with van der Waals surface area (Å²) in [4.78, 5) is 0. The quantitative estimate of drug-likeness (QED) is 0.543. The van der Waals surface area contributed by atoms with Gasteiger partial charge in [0.2, 0.25) is 0 Å². The van der Waals surface area contributed by atoms with E-state index >= 15 is 0 Å². The largest absolute Gasteiger partial charge is 0.391 e. The maximum absolute atomic E-state index is 7.00. The minimum atomic E-state index is 0.623. The standard InChI is InChI=1S/C9H17N3/c1-11-9(2-5-10)8-3-6-12-7-4-8/h2,5,8,10-12H,3-4,6-7H2,1H3/b9-2-,10-5?. The van der Waals surface area contributed by atoms with E-state index in [1.807, 2.05) is 13.1 Å². The van der Waals surface area contributed by atoms with E-state index in [4.69, 9.17) is 5.41 Å². The van der Waals surface area contributed by atoms with Gasteiger partial charge in [-0.3, -0.25) is 0 Å². The molecule has 3 heteroatoms. The van der Waals surface area contributed by atoms with Crippen LogP contribution in [0.2, 0.25) is 0 Å². The lowest BCUT2D eigenvalue weighted by molar-refractivity contribution is 0.407. The molecule has 0 aromatic rings. The summed E-state index contributed by atoms with van der Waals surface area (Å²) in [5.41, 5.74) is 1.20. The molecule has 68 valence electrons. The van der Waals surface area contributed by atoms with E-state index in [9.17, 15) is 0 Å². The van der Waals surface area contributed by atoms with Gasteiger partial charge in [0.15, 0.2) is 0 Å². The Kier molecular flexibility index (Phi) is 3.80. The van der Waals surface area contributed by atoms with Crippen LogP contribution in [0.1, 0.15) is 12.8 Å². The van der Waals surface area contributed by atoms with Crippen LogP contribution in [0, 0.1) is 11.3 Å². The van der Waals surface area contributed by atoms with Crippen LogP contribution in [0.25, 0.3) is 0 Å². The summed E-state index contributed by atoms with van der Waals surface area (Å²) < 4.78 is 0. The fourth-order valence-corrected chi connectivity index (χ4v) is 1.65. The first-order valence-corrected chi connectivity index (χ1v) is 4.47. The van der Waals surface area contributed by atoms with Crippen LogP contribution >= 0.6 is 0 Å². The van der Waals surface area contributed by atoms with Crippen LogP contribution in [0.15, 0.2) is 11.8 Å². The van der Waals surface area contributed by atoms with E-state index in [-0.39, 0.29) is 0 Å². The molecule has 3 nitrogen and oxygen atoms in total. The molecule has 0 bridgehead atoms. The zero-order valence-electron chi connectivity index (χ0n) is 7.56. The highest BCUT2D eigenvalue weighted by atomic mass is 14.9. The third-order valence-corrected chi connectivity index (χ3v) is 2.33. The third-order valence-electron chi connectivity index (χ3n) is 2.33. The zero-order valence-corrected chi connectivity index (χ0v) is 7.56. The second kappa shape index (κ2) is 4.93. The maximum Gasteiger partial charge on any atom is 0.0195 e. The first kappa shape index (κ1) is 9.26. The van der Waals surface area contributed by atoms with E-state index in [1.165, 1.54) is 24.8 Å². The number of allylic oxidation sites excluding steroid dienone is 2. The second-order valence-electron chi connectivity index (χ2n) is 3.06. The lowest BCUT2D eigenvalue weighted by Gasteiger charge is -2.24. The molecule has 0 aromatic heterocycles. The van der Waals surface area contributed by atoms with Crippen molar-refractivity contribution in [3.8, 4) is 0 Å². The van der Waals surface area contributed by atoms with Crippen molar-refractivity contribution in [2.24, 2.45) is 5.92 Å². The predicted octanol–water partition coefficient (Wildman–Crippen LogP) is 0.739. The fraction of sp³-hybridized carbons (Fsp3) is 0.667. The van der Waals surface area contributed by atoms with Crippen LogP contribution in [0.5, 0.6) is 0 Å². The molecule has 0 atom stereocenters. The zero-order chi connectivity index (χ0) is 8.81. The molecule has 12 heavy (non-hydrogen) atoms. The second-order valence-corrected chi connectivity index (χ2v) is 3.06. The predicted molar refractivity (Wildman–Crippen MR) is 51.5 cm³/mol. The summed E-state index contributed by atoms with van der Waals surface area (Å²) in [7, 11) is 1.93. The number of nitrogens with one attached hydrogen (secondary N) is 3. The van der Waals surface area contributed by atoms with E-state index in [0.717, 1.165) is 13.1 Å². The van der Waals surface area contributed by atoms with Gasteiger partial charge in [-0.25, -0.2) is 0 Å². The molecular formula is C9H17N3. The molecule has 1 saturated heterocycles. The van der Waals surface area contributed by atoms with Gasteiger partial charge in [0.1, 0.15) is 0 Å². The van der Waals surface area contributed by atoms with Gasteiger partial charge < -0.3 is 16.0 Å². The minimum absolute atomic E-state index is 0.623. The van der Waals surface area contributed by atoms with Gasteiger partial charge in [-0.2, -0.15) is 0 Å². The number of rotatable bonds is 3. The monoisotopic (exact) mass is 167 g/mol. The summed E-state index contributed by atoms with van der Waals surface area (Å²) in [6, 6.07) is 0. The molecule has 1 fully saturated rings. The summed E-state index contributed by atoms with van der Waals surface area (Å²) in [5.74, 6) is 0.623. The lowest BCUT2D eigenvalue weighted by Crippen LogP contribution is -2.31. The van der Waals surface area contributed by atoms with E-state index in [2.05, 4.69) is 10.6 Å². The average Bonchev–Trinajstić information content (AvgIpc) is 2.15. The van der Waals surface area contributed by atoms with Crippen LogP contribution in [-0.4, -0.2) is 26.4 Å². The van der Waals surface area contributed by atoms with E-state index in [0.29, 0.717) is 5.92 Å². The Labute approximate surface area is 73.7 Å². The average molecular weight is 167 g/mol. The van der Waals surface area contributed by atoms with Crippen molar-refractivity contribution in [3.63, 3.8) is 0 Å². The first-order valence-electron chi connectivity index (χ1n) is 4.47. The molecule has 0 amide bonds. The molecule has 3 N–H and O–H groups in total. The van der Waals surface area contributed by atoms with Crippen LogP contribution in [0.4, 0.5) is 0 Å². The Hall–Kier alpha value is -0.830. The van der Waals surface area contributed by atoms with Gasteiger partial charge in [-0.05, 0) is 32.0 Å². The van der Waals surface area contributed by atoms with Gasteiger partial charge in [0.25, 0.3) is 0 Å². The molecule has 0 saturated carbocycles. The summed E-state index contributed by atoms with van der Waals surface area (Å²) in [6.07, 6.45) is 5.57. The Balaban J connectivity index is 2.51. The smallest absolute Gasteiger partial charge is 0.0195 e. The number of hydrogen-bond acceptors (Lipinski definition) is 3. The summed E-state index contributed by atoms with van der Waals surface area (Å²) in [6.45, 7) is 2.20. The molecule has 0 aliphatic carbocycles. The maximum atomic E-state index is 7.00. The van der Waals surface area contributed by atoms with Crippen molar-refractivity contribution in [2.75, 3.05) is 20.1 Å². The summed E-state index contributed by atoms with van der Waals surface area (Å²) >= 11 is 0. The molecule has 1 heterocycles. The lowest BCUT2D eigenvalue weighted by atomic mass is 9.94. The Morgan fingerprint density at radius 3 is 2.67 bits per heavy atom. The Morgan fingerprint density at radius 1 is 1.50 bits per heavy atom. The van der Waals surface area contributed by atoms with E-state index < -0.39 is 0 Å². The normalized spacial score (nSPS) is 20.6. The highest BCUT2D eigenvalue weighted by Crippen LogP contribution is 2.18.